The third-order valence-corrected chi connectivity index (χ3v) is 2.22. The largest absolute Gasteiger partial charge is 0.497 e. The first kappa shape index (κ1) is 9.02. The van der Waals surface area contributed by atoms with Gasteiger partial charge in [-0.25, -0.2) is 4.52 Å². The first-order chi connectivity index (χ1) is 6.85. The van der Waals surface area contributed by atoms with Crippen LogP contribution in [0.15, 0.2) is 24.5 Å². The second kappa shape index (κ2) is 3.67. The number of hydrogen-bond donors (Lipinski definition) is 1. The lowest BCUT2D eigenvalue weighted by Crippen LogP contribution is -2.02. The minimum absolute atomic E-state index is 0.637. The molecule has 2 heterocycles. The van der Waals surface area contributed by atoms with Gasteiger partial charge in [-0.15, -0.1) is 0 Å². The molecule has 0 aromatic carbocycles. The lowest BCUT2D eigenvalue weighted by molar-refractivity contribution is 0.414. The number of nitrogens with zero attached hydrogens (tertiary/aromatic N) is 2. The number of aromatic nitrogens is 2. The summed E-state index contributed by atoms with van der Waals surface area (Å²) in [7, 11) is 1.66. The maximum absolute atomic E-state index is 5.51. The van der Waals surface area contributed by atoms with E-state index in [4.69, 9.17) is 10.5 Å². The molecular weight excluding hydrogens is 178 g/mol. The summed E-state index contributed by atoms with van der Waals surface area (Å²) in [5.41, 5.74) is 7.74. The Morgan fingerprint density at radius 1 is 1.57 bits per heavy atom. The highest BCUT2D eigenvalue weighted by molar-refractivity contribution is 5.56. The molecule has 0 amide bonds. The number of pyridine rings is 1. The lowest BCUT2D eigenvalue weighted by Gasteiger charge is -2.01. The fourth-order valence-electron chi connectivity index (χ4n) is 1.49. The Hall–Kier alpha value is -1.55. The van der Waals surface area contributed by atoms with Crippen molar-refractivity contribution in [3.05, 3.63) is 30.1 Å². The van der Waals surface area contributed by atoms with E-state index in [-0.39, 0.29) is 0 Å². The van der Waals surface area contributed by atoms with E-state index < -0.39 is 0 Å². The van der Waals surface area contributed by atoms with Crippen LogP contribution in [0.25, 0.3) is 5.52 Å². The Labute approximate surface area is 82.3 Å². The predicted molar refractivity (Wildman–Crippen MR) is 54.5 cm³/mol. The predicted octanol–water partition coefficient (Wildman–Crippen LogP) is 0.844. The van der Waals surface area contributed by atoms with Crippen molar-refractivity contribution >= 4 is 5.52 Å². The van der Waals surface area contributed by atoms with E-state index in [2.05, 4.69) is 5.10 Å². The van der Waals surface area contributed by atoms with Crippen LogP contribution in [0, 0.1) is 0 Å². The normalized spacial score (nSPS) is 10.7. The van der Waals surface area contributed by atoms with E-state index in [1.807, 2.05) is 29.0 Å². The topological polar surface area (TPSA) is 52.5 Å². The standard InChI is InChI=1S/C10H13N3O/c1-14-9-3-5-13-10(6-9)8(2-4-11)7-12-13/h3,5-7H,2,4,11H2,1H3. The van der Waals surface area contributed by atoms with E-state index in [9.17, 15) is 0 Å². The maximum Gasteiger partial charge on any atom is 0.122 e. The number of nitrogens with two attached hydrogens (primary N) is 1. The van der Waals surface area contributed by atoms with Crippen molar-refractivity contribution in [3.8, 4) is 5.75 Å². The van der Waals surface area contributed by atoms with Crippen LogP contribution in [0.2, 0.25) is 0 Å². The van der Waals surface area contributed by atoms with E-state index in [0.717, 1.165) is 23.3 Å². The Bertz CT molecular complexity index is 436. The molecule has 4 nitrogen and oxygen atoms in total. The number of ether oxygens (including phenoxy) is 1. The van der Waals surface area contributed by atoms with Gasteiger partial charge >= 0.3 is 0 Å². The first-order valence-electron chi connectivity index (χ1n) is 4.55. The fourth-order valence-corrected chi connectivity index (χ4v) is 1.49. The van der Waals surface area contributed by atoms with Crippen molar-refractivity contribution in [3.63, 3.8) is 0 Å². The maximum atomic E-state index is 5.51. The van der Waals surface area contributed by atoms with E-state index in [1.54, 1.807) is 7.11 Å². The molecule has 2 N–H and O–H groups in total. The zero-order valence-corrected chi connectivity index (χ0v) is 8.10. The lowest BCUT2D eigenvalue weighted by atomic mass is 10.2. The zero-order chi connectivity index (χ0) is 9.97. The monoisotopic (exact) mass is 191 g/mol. The number of methoxy groups -OCH3 is 1. The highest BCUT2D eigenvalue weighted by Crippen LogP contribution is 2.17. The van der Waals surface area contributed by atoms with Crippen LogP contribution in [0.3, 0.4) is 0 Å². The van der Waals surface area contributed by atoms with Crippen LogP contribution >= 0.6 is 0 Å². The SMILES string of the molecule is COc1ccn2ncc(CCN)c2c1. The minimum atomic E-state index is 0.637. The van der Waals surface area contributed by atoms with Gasteiger partial charge in [0.25, 0.3) is 0 Å². The molecule has 0 aliphatic carbocycles. The molecule has 0 unspecified atom stereocenters. The van der Waals surface area contributed by atoms with E-state index in [1.165, 1.54) is 0 Å². The molecule has 2 aromatic heterocycles. The number of rotatable bonds is 3. The summed E-state index contributed by atoms with van der Waals surface area (Å²) in [5, 5.41) is 4.22. The molecule has 0 aliphatic rings. The summed E-state index contributed by atoms with van der Waals surface area (Å²) in [4.78, 5) is 0. The molecule has 0 spiro atoms. The van der Waals surface area contributed by atoms with Crippen LogP contribution < -0.4 is 10.5 Å². The van der Waals surface area contributed by atoms with Crippen LogP contribution in [0.1, 0.15) is 5.56 Å². The molecule has 0 radical (unpaired) electrons. The van der Waals surface area contributed by atoms with Gasteiger partial charge in [-0.05, 0) is 24.6 Å². The molecule has 2 aromatic rings. The molecule has 0 aliphatic heterocycles. The van der Waals surface area contributed by atoms with Crippen molar-refractivity contribution in [2.24, 2.45) is 5.73 Å². The summed E-state index contributed by atoms with van der Waals surface area (Å²) < 4.78 is 6.98. The summed E-state index contributed by atoms with van der Waals surface area (Å²) >= 11 is 0. The first-order valence-corrected chi connectivity index (χ1v) is 4.55. The Morgan fingerprint density at radius 2 is 2.43 bits per heavy atom. The summed E-state index contributed by atoms with van der Waals surface area (Å²) in [6, 6.07) is 3.85. The van der Waals surface area contributed by atoms with E-state index >= 15 is 0 Å². The molecule has 2 rings (SSSR count). The summed E-state index contributed by atoms with van der Waals surface area (Å²) in [6.07, 6.45) is 4.58. The Balaban J connectivity index is 2.52. The number of hydrogen-bond acceptors (Lipinski definition) is 3. The zero-order valence-electron chi connectivity index (χ0n) is 8.10. The van der Waals surface area contributed by atoms with Gasteiger partial charge in [0.2, 0.25) is 0 Å². The molecule has 0 bridgehead atoms. The van der Waals surface area contributed by atoms with Crippen LogP contribution in [0.4, 0.5) is 0 Å². The Kier molecular flexibility index (Phi) is 2.37. The van der Waals surface area contributed by atoms with Gasteiger partial charge in [-0.2, -0.15) is 5.10 Å². The van der Waals surface area contributed by atoms with Crippen molar-refractivity contribution < 1.29 is 4.74 Å². The average molecular weight is 191 g/mol. The molecular formula is C10H13N3O. The number of fused-ring (bicyclic) bond motifs is 1. The van der Waals surface area contributed by atoms with Gasteiger partial charge in [-0.1, -0.05) is 0 Å². The van der Waals surface area contributed by atoms with Gasteiger partial charge in [0.1, 0.15) is 5.75 Å². The van der Waals surface area contributed by atoms with Crippen LogP contribution in [-0.2, 0) is 6.42 Å². The second-order valence-corrected chi connectivity index (χ2v) is 3.10. The summed E-state index contributed by atoms with van der Waals surface area (Å²) in [5.74, 6) is 0.844. The molecule has 0 atom stereocenters. The van der Waals surface area contributed by atoms with Gasteiger partial charge in [0, 0.05) is 12.3 Å². The third-order valence-electron chi connectivity index (χ3n) is 2.22. The molecule has 4 heteroatoms. The van der Waals surface area contributed by atoms with Crippen LogP contribution in [0.5, 0.6) is 5.75 Å². The van der Waals surface area contributed by atoms with Crippen molar-refractivity contribution in [1.82, 2.24) is 9.61 Å². The quantitative estimate of drug-likeness (QED) is 0.782. The molecule has 74 valence electrons. The smallest absolute Gasteiger partial charge is 0.122 e. The Morgan fingerprint density at radius 3 is 3.14 bits per heavy atom. The highest BCUT2D eigenvalue weighted by atomic mass is 16.5. The van der Waals surface area contributed by atoms with Crippen molar-refractivity contribution in [2.75, 3.05) is 13.7 Å². The van der Waals surface area contributed by atoms with Crippen LogP contribution in [-0.4, -0.2) is 23.3 Å². The average Bonchev–Trinajstić information content (AvgIpc) is 2.61. The van der Waals surface area contributed by atoms with Gasteiger partial charge in [0.15, 0.2) is 0 Å². The minimum Gasteiger partial charge on any atom is -0.497 e. The summed E-state index contributed by atoms with van der Waals surface area (Å²) in [6.45, 7) is 0.637. The van der Waals surface area contributed by atoms with E-state index in [0.29, 0.717) is 6.54 Å². The van der Waals surface area contributed by atoms with Gasteiger partial charge < -0.3 is 10.5 Å². The second-order valence-electron chi connectivity index (χ2n) is 3.10. The van der Waals surface area contributed by atoms with Gasteiger partial charge in [0.05, 0.1) is 18.8 Å². The molecule has 14 heavy (non-hydrogen) atoms. The fraction of sp³-hybridized carbons (Fsp3) is 0.300. The molecule has 0 saturated carbocycles. The highest BCUT2D eigenvalue weighted by Gasteiger charge is 2.03. The van der Waals surface area contributed by atoms with Crippen molar-refractivity contribution in [1.29, 1.82) is 0 Å². The molecule has 0 fully saturated rings. The van der Waals surface area contributed by atoms with Gasteiger partial charge in [-0.3, -0.25) is 0 Å². The molecule has 0 saturated heterocycles. The van der Waals surface area contributed by atoms with Crippen molar-refractivity contribution in [2.45, 2.75) is 6.42 Å². The third kappa shape index (κ3) is 1.44.